The summed E-state index contributed by atoms with van der Waals surface area (Å²) in [5, 5.41) is 23.2. The standard InChI is InChI=1S/C34H46N6O5/c1-22(41)30-20-34(45)37-25(11-7-8-14-35)17-31(42)39-27(16-24-21-36-29-13-6-5-12-28(24)29)19-32(43)38-26(18-33(44)40-30)15-23-9-3-2-4-10-23/h2-6,9-10,12-13,21-22,25-27,30,36,41H,7-8,11,14-20,35H2,1H3,(H,37,45)(H,38,43)(H,39,42)(H,40,44)/t22-,25?,26+,27+,30-/m1/s1. The van der Waals surface area contributed by atoms with Gasteiger partial charge in [0.1, 0.15) is 0 Å². The number of carbonyl (C=O) groups excluding carboxylic acids is 4. The molecule has 4 amide bonds. The molecular formula is C34H46N6O5. The Labute approximate surface area is 264 Å². The second-order valence-corrected chi connectivity index (χ2v) is 12.1. The quantitative estimate of drug-likeness (QED) is 0.180. The third-order valence-corrected chi connectivity index (χ3v) is 8.20. The van der Waals surface area contributed by atoms with Gasteiger partial charge >= 0.3 is 0 Å². The first-order valence-electron chi connectivity index (χ1n) is 15.8. The number of para-hydroxylation sites is 1. The van der Waals surface area contributed by atoms with Crippen LogP contribution < -0.4 is 27.0 Å². The summed E-state index contributed by atoms with van der Waals surface area (Å²) in [5.41, 5.74) is 8.55. The van der Waals surface area contributed by atoms with Crippen LogP contribution in [-0.4, -0.2) is 70.5 Å². The van der Waals surface area contributed by atoms with Gasteiger partial charge in [-0.3, -0.25) is 19.2 Å². The molecule has 5 atom stereocenters. The molecule has 2 heterocycles. The van der Waals surface area contributed by atoms with Crippen molar-refractivity contribution in [1.82, 2.24) is 26.3 Å². The zero-order valence-corrected chi connectivity index (χ0v) is 25.9. The van der Waals surface area contributed by atoms with E-state index in [2.05, 4.69) is 26.3 Å². The van der Waals surface area contributed by atoms with Crippen LogP contribution in [0.5, 0.6) is 0 Å². The third-order valence-electron chi connectivity index (χ3n) is 8.20. The molecule has 0 saturated carbocycles. The van der Waals surface area contributed by atoms with Crippen LogP contribution in [0, 0.1) is 0 Å². The highest BCUT2D eigenvalue weighted by Crippen LogP contribution is 2.20. The van der Waals surface area contributed by atoms with Crippen LogP contribution in [0.3, 0.4) is 0 Å². The van der Waals surface area contributed by atoms with Crippen LogP contribution in [0.4, 0.5) is 0 Å². The van der Waals surface area contributed by atoms with E-state index >= 15 is 0 Å². The van der Waals surface area contributed by atoms with Crippen molar-refractivity contribution in [3.8, 4) is 0 Å². The summed E-state index contributed by atoms with van der Waals surface area (Å²) in [4.78, 5) is 56.5. The van der Waals surface area contributed by atoms with Gasteiger partial charge in [-0.25, -0.2) is 0 Å². The number of rotatable bonds is 9. The number of aliphatic hydroxyl groups is 1. The Morgan fingerprint density at radius 2 is 1.31 bits per heavy atom. The molecule has 3 aromatic rings. The van der Waals surface area contributed by atoms with Gasteiger partial charge in [-0.1, -0.05) is 55.0 Å². The van der Waals surface area contributed by atoms with Crippen LogP contribution in [0.25, 0.3) is 10.9 Å². The molecule has 1 aromatic heterocycles. The van der Waals surface area contributed by atoms with E-state index in [1.165, 1.54) is 6.92 Å². The number of aromatic nitrogens is 1. The van der Waals surface area contributed by atoms with Crippen molar-refractivity contribution in [2.24, 2.45) is 5.73 Å². The van der Waals surface area contributed by atoms with Gasteiger partial charge in [0.2, 0.25) is 23.6 Å². The molecule has 1 unspecified atom stereocenters. The Hall–Kier alpha value is -4.22. The number of hydrogen-bond donors (Lipinski definition) is 7. The van der Waals surface area contributed by atoms with E-state index < -0.39 is 30.3 Å². The molecule has 8 N–H and O–H groups in total. The van der Waals surface area contributed by atoms with Gasteiger partial charge < -0.3 is 37.1 Å². The second kappa shape index (κ2) is 16.7. The van der Waals surface area contributed by atoms with Gasteiger partial charge in [0.05, 0.1) is 12.1 Å². The molecule has 11 nitrogen and oxygen atoms in total. The Morgan fingerprint density at radius 1 is 0.733 bits per heavy atom. The maximum Gasteiger partial charge on any atom is 0.222 e. The number of unbranched alkanes of at least 4 members (excludes halogenated alkanes) is 1. The first-order chi connectivity index (χ1) is 21.7. The van der Waals surface area contributed by atoms with E-state index in [0.29, 0.717) is 25.8 Å². The molecule has 0 aliphatic carbocycles. The van der Waals surface area contributed by atoms with E-state index in [9.17, 15) is 24.3 Å². The first kappa shape index (κ1) is 33.7. The van der Waals surface area contributed by atoms with Crippen molar-refractivity contribution in [1.29, 1.82) is 0 Å². The molecule has 4 rings (SSSR count). The Balaban J connectivity index is 1.60. The van der Waals surface area contributed by atoms with Crippen molar-refractivity contribution in [3.63, 3.8) is 0 Å². The van der Waals surface area contributed by atoms with Crippen molar-refractivity contribution < 1.29 is 24.3 Å². The lowest BCUT2D eigenvalue weighted by Crippen LogP contribution is -2.50. The minimum absolute atomic E-state index is 0.00134. The van der Waals surface area contributed by atoms with Gasteiger partial charge in [0.15, 0.2) is 0 Å². The van der Waals surface area contributed by atoms with E-state index in [-0.39, 0.29) is 49.3 Å². The summed E-state index contributed by atoms with van der Waals surface area (Å²) >= 11 is 0. The summed E-state index contributed by atoms with van der Waals surface area (Å²) in [6.45, 7) is 2.01. The molecule has 242 valence electrons. The molecular weight excluding hydrogens is 572 g/mol. The highest BCUT2D eigenvalue weighted by atomic mass is 16.3. The van der Waals surface area contributed by atoms with Gasteiger partial charge in [-0.05, 0) is 56.3 Å². The number of aliphatic hydroxyl groups excluding tert-OH is 1. The summed E-state index contributed by atoms with van der Waals surface area (Å²) in [6.07, 6.45) is 3.53. The maximum absolute atomic E-state index is 13.5. The number of benzene rings is 2. The largest absolute Gasteiger partial charge is 0.391 e. The molecule has 0 spiro atoms. The molecule has 2 aromatic carbocycles. The van der Waals surface area contributed by atoms with E-state index in [4.69, 9.17) is 5.73 Å². The van der Waals surface area contributed by atoms with Gasteiger partial charge in [0.25, 0.3) is 0 Å². The fourth-order valence-electron chi connectivity index (χ4n) is 5.91. The number of aromatic amines is 1. The lowest BCUT2D eigenvalue weighted by molar-refractivity contribution is -0.126. The molecule has 1 fully saturated rings. The SMILES string of the molecule is C[C@@H](O)[C@H]1CC(=O)NC(CCCCN)CC(=O)N[C@@H](Cc2c[nH]c3ccccc23)CC(=O)N[C@@H](Cc2ccccc2)CC(=O)N1. The monoisotopic (exact) mass is 618 g/mol. The predicted octanol–water partition coefficient (Wildman–Crippen LogP) is 1.98. The number of nitrogens with two attached hydrogens (primary N) is 1. The lowest BCUT2D eigenvalue weighted by Gasteiger charge is -2.27. The lowest BCUT2D eigenvalue weighted by atomic mass is 9.99. The van der Waals surface area contributed by atoms with E-state index in [1.54, 1.807) is 0 Å². The zero-order valence-electron chi connectivity index (χ0n) is 25.9. The molecule has 11 heteroatoms. The number of amides is 4. The van der Waals surface area contributed by atoms with Crippen molar-refractivity contribution in [2.45, 2.75) is 95.0 Å². The third kappa shape index (κ3) is 10.7. The number of nitrogens with one attached hydrogen (secondary N) is 5. The molecule has 1 aliphatic rings. The molecule has 0 radical (unpaired) electrons. The highest BCUT2D eigenvalue weighted by Gasteiger charge is 2.28. The molecule has 1 saturated heterocycles. The van der Waals surface area contributed by atoms with Crippen LogP contribution in [0.15, 0.2) is 60.8 Å². The van der Waals surface area contributed by atoms with Gasteiger partial charge in [-0.2, -0.15) is 0 Å². The number of hydrogen-bond acceptors (Lipinski definition) is 6. The average Bonchev–Trinajstić information content (AvgIpc) is 3.39. The summed E-state index contributed by atoms with van der Waals surface area (Å²) in [5.74, 6) is -1.33. The fourth-order valence-corrected chi connectivity index (χ4v) is 5.91. The molecule has 0 bridgehead atoms. The predicted molar refractivity (Wildman–Crippen MR) is 173 cm³/mol. The maximum atomic E-state index is 13.5. The van der Waals surface area contributed by atoms with Crippen LogP contribution in [0.1, 0.15) is 63.0 Å². The van der Waals surface area contributed by atoms with Crippen LogP contribution >= 0.6 is 0 Å². The molecule has 45 heavy (non-hydrogen) atoms. The average molecular weight is 619 g/mol. The minimum atomic E-state index is -0.995. The summed E-state index contributed by atoms with van der Waals surface area (Å²) in [6, 6.07) is 15.0. The van der Waals surface area contributed by atoms with Crippen molar-refractivity contribution in [2.75, 3.05) is 6.54 Å². The number of fused-ring (bicyclic) bond motifs is 1. The van der Waals surface area contributed by atoms with E-state index in [0.717, 1.165) is 34.9 Å². The number of carbonyl (C=O) groups is 4. The van der Waals surface area contributed by atoms with Crippen LogP contribution in [0.2, 0.25) is 0 Å². The second-order valence-electron chi connectivity index (χ2n) is 12.1. The highest BCUT2D eigenvalue weighted by molar-refractivity contribution is 5.85. The van der Waals surface area contributed by atoms with Crippen LogP contribution in [-0.2, 0) is 32.0 Å². The van der Waals surface area contributed by atoms with Gasteiger partial charge in [0, 0.05) is 60.9 Å². The zero-order chi connectivity index (χ0) is 32.2. The Kier molecular flexibility index (Phi) is 12.5. The normalized spacial score (nSPS) is 23.1. The van der Waals surface area contributed by atoms with Crippen molar-refractivity contribution in [3.05, 3.63) is 71.9 Å². The number of H-pyrrole nitrogens is 1. The summed E-state index contributed by atoms with van der Waals surface area (Å²) in [7, 11) is 0. The Morgan fingerprint density at radius 3 is 2.00 bits per heavy atom. The first-order valence-corrected chi connectivity index (χ1v) is 15.8. The Bertz CT molecular complexity index is 1420. The smallest absolute Gasteiger partial charge is 0.222 e. The van der Waals surface area contributed by atoms with Crippen molar-refractivity contribution >= 4 is 34.5 Å². The fraction of sp³-hybridized carbons (Fsp3) is 0.471. The minimum Gasteiger partial charge on any atom is -0.391 e. The topological polar surface area (TPSA) is 178 Å². The van der Waals surface area contributed by atoms with Gasteiger partial charge in [-0.15, -0.1) is 0 Å². The van der Waals surface area contributed by atoms with E-state index in [1.807, 2.05) is 60.8 Å². The molecule has 1 aliphatic heterocycles. The summed E-state index contributed by atoms with van der Waals surface area (Å²) < 4.78 is 0.